The lowest BCUT2D eigenvalue weighted by molar-refractivity contribution is -0.133. The highest BCUT2D eigenvalue weighted by molar-refractivity contribution is 14.0. The quantitative estimate of drug-likeness (QED) is 0.450. The first-order chi connectivity index (χ1) is 7.95. The number of likely N-dealkylation sites (tertiary alicyclic amines) is 1. The van der Waals surface area contributed by atoms with E-state index in [4.69, 9.17) is 0 Å². The van der Waals surface area contributed by atoms with Gasteiger partial charge in [0.15, 0.2) is 5.96 Å². The van der Waals surface area contributed by atoms with Crippen molar-refractivity contribution in [1.29, 1.82) is 0 Å². The molecule has 1 N–H and O–H groups in total. The molecule has 0 bridgehead atoms. The van der Waals surface area contributed by atoms with Gasteiger partial charge in [-0.3, -0.25) is 9.79 Å². The summed E-state index contributed by atoms with van der Waals surface area (Å²) in [6.07, 6.45) is 0.991. The van der Waals surface area contributed by atoms with Crippen molar-refractivity contribution in [2.75, 3.05) is 34.2 Å². The molecule has 18 heavy (non-hydrogen) atoms. The normalized spacial score (nSPS) is 19.8. The Kier molecular flexibility index (Phi) is 7.58. The van der Waals surface area contributed by atoms with Gasteiger partial charge in [0.05, 0.1) is 0 Å². The molecule has 1 heterocycles. The summed E-state index contributed by atoms with van der Waals surface area (Å²) in [6.45, 7) is 5.52. The molecule has 0 radical (unpaired) electrons. The number of aliphatic imine (C=N–C) groups is 1. The minimum absolute atomic E-state index is 0. The maximum Gasteiger partial charge on any atom is 0.225 e. The highest BCUT2D eigenvalue weighted by Crippen LogP contribution is 2.12. The first kappa shape index (κ1) is 17.5. The minimum atomic E-state index is 0. The van der Waals surface area contributed by atoms with Crippen LogP contribution in [0.4, 0.5) is 0 Å². The summed E-state index contributed by atoms with van der Waals surface area (Å²) < 4.78 is 0. The number of hydrogen-bond acceptors (Lipinski definition) is 2. The van der Waals surface area contributed by atoms with Crippen molar-refractivity contribution in [3.05, 3.63) is 0 Å². The SMILES string of the molecule is CN=C(NC1CCN(C(=O)C(C)C)C1)N(C)C.I. The Hall–Kier alpha value is -0.530. The Bertz CT molecular complexity index is 304. The summed E-state index contributed by atoms with van der Waals surface area (Å²) in [5, 5.41) is 3.37. The molecular weight excluding hydrogens is 343 g/mol. The highest BCUT2D eigenvalue weighted by atomic mass is 127. The average molecular weight is 368 g/mol. The molecule has 1 unspecified atom stereocenters. The Labute approximate surface area is 127 Å². The lowest BCUT2D eigenvalue weighted by Crippen LogP contribution is -2.44. The van der Waals surface area contributed by atoms with Gasteiger partial charge in [-0.1, -0.05) is 13.8 Å². The highest BCUT2D eigenvalue weighted by Gasteiger charge is 2.28. The van der Waals surface area contributed by atoms with Gasteiger partial charge in [-0.05, 0) is 6.42 Å². The van der Waals surface area contributed by atoms with Crippen LogP contribution in [0.2, 0.25) is 0 Å². The van der Waals surface area contributed by atoms with E-state index in [0.29, 0.717) is 6.04 Å². The molecule has 0 saturated carbocycles. The second-order valence-corrected chi connectivity index (χ2v) is 5.01. The molecule has 1 amide bonds. The third kappa shape index (κ3) is 4.62. The molecule has 1 fully saturated rings. The molecule has 1 aliphatic rings. The Morgan fingerprint density at radius 2 is 2.06 bits per heavy atom. The van der Waals surface area contributed by atoms with Crippen molar-refractivity contribution in [2.45, 2.75) is 26.3 Å². The van der Waals surface area contributed by atoms with Crippen LogP contribution < -0.4 is 5.32 Å². The van der Waals surface area contributed by atoms with Gasteiger partial charge in [-0.15, -0.1) is 24.0 Å². The lowest BCUT2D eigenvalue weighted by atomic mass is 10.2. The molecule has 6 heteroatoms. The molecular formula is C12H25IN4O. The topological polar surface area (TPSA) is 47.9 Å². The van der Waals surface area contributed by atoms with E-state index >= 15 is 0 Å². The summed E-state index contributed by atoms with van der Waals surface area (Å²) in [5.41, 5.74) is 0. The largest absolute Gasteiger partial charge is 0.352 e. The van der Waals surface area contributed by atoms with E-state index in [9.17, 15) is 4.79 Å². The summed E-state index contributed by atoms with van der Waals surface area (Å²) in [7, 11) is 5.69. The van der Waals surface area contributed by atoms with Gasteiger partial charge >= 0.3 is 0 Å². The van der Waals surface area contributed by atoms with Gasteiger partial charge in [-0.2, -0.15) is 0 Å². The van der Waals surface area contributed by atoms with Gasteiger partial charge in [0.1, 0.15) is 0 Å². The Balaban J connectivity index is 0.00000289. The molecule has 0 aromatic heterocycles. The second kappa shape index (κ2) is 7.81. The first-order valence-electron chi connectivity index (χ1n) is 6.15. The Morgan fingerprint density at radius 3 is 2.50 bits per heavy atom. The van der Waals surface area contributed by atoms with Crippen molar-refractivity contribution in [3.63, 3.8) is 0 Å². The smallest absolute Gasteiger partial charge is 0.225 e. The standard InChI is InChI=1S/C12H24N4O.HI/c1-9(2)11(17)16-7-6-10(8-16)14-12(13-3)15(4)5;/h9-10H,6-8H2,1-5H3,(H,13,14);1H. The van der Waals surface area contributed by atoms with Crippen LogP contribution >= 0.6 is 24.0 Å². The van der Waals surface area contributed by atoms with Crippen molar-refractivity contribution in [3.8, 4) is 0 Å². The molecule has 0 aromatic rings. The monoisotopic (exact) mass is 368 g/mol. The molecule has 0 aromatic carbocycles. The Morgan fingerprint density at radius 1 is 1.44 bits per heavy atom. The van der Waals surface area contributed by atoms with Crippen molar-refractivity contribution in [1.82, 2.24) is 15.1 Å². The molecule has 0 aliphatic carbocycles. The van der Waals surface area contributed by atoms with Gasteiger partial charge in [-0.25, -0.2) is 0 Å². The maximum absolute atomic E-state index is 11.8. The van der Waals surface area contributed by atoms with E-state index in [2.05, 4.69) is 10.3 Å². The van der Waals surface area contributed by atoms with Crippen molar-refractivity contribution in [2.24, 2.45) is 10.9 Å². The zero-order chi connectivity index (χ0) is 13.0. The number of carbonyl (C=O) groups excluding carboxylic acids is 1. The molecule has 106 valence electrons. The summed E-state index contributed by atoms with van der Waals surface area (Å²) in [6, 6.07) is 0.318. The lowest BCUT2D eigenvalue weighted by Gasteiger charge is -2.22. The second-order valence-electron chi connectivity index (χ2n) is 5.01. The van der Waals surface area contributed by atoms with Crippen LogP contribution in [-0.4, -0.2) is 61.9 Å². The number of nitrogens with one attached hydrogen (secondary N) is 1. The van der Waals surface area contributed by atoms with Gasteiger partial charge in [0, 0.05) is 46.2 Å². The number of guanidine groups is 1. The van der Waals surface area contributed by atoms with E-state index in [1.54, 1.807) is 7.05 Å². The van der Waals surface area contributed by atoms with Gasteiger partial charge in [0.25, 0.3) is 0 Å². The van der Waals surface area contributed by atoms with Crippen LogP contribution in [0.25, 0.3) is 0 Å². The predicted molar refractivity (Wildman–Crippen MR) is 85.4 cm³/mol. The molecule has 1 aliphatic heterocycles. The number of carbonyl (C=O) groups is 1. The van der Waals surface area contributed by atoms with Crippen LogP contribution in [0, 0.1) is 5.92 Å². The van der Waals surface area contributed by atoms with Crippen LogP contribution in [0.15, 0.2) is 4.99 Å². The number of amides is 1. The van der Waals surface area contributed by atoms with E-state index in [1.807, 2.05) is 37.7 Å². The van der Waals surface area contributed by atoms with Crippen LogP contribution in [-0.2, 0) is 4.79 Å². The van der Waals surface area contributed by atoms with Crippen LogP contribution in [0.1, 0.15) is 20.3 Å². The number of rotatable bonds is 2. The number of nitrogens with zero attached hydrogens (tertiary/aromatic N) is 3. The fourth-order valence-electron chi connectivity index (χ4n) is 2.02. The zero-order valence-electron chi connectivity index (χ0n) is 11.9. The van der Waals surface area contributed by atoms with Crippen LogP contribution in [0.3, 0.4) is 0 Å². The van der Waals surface area contributed by atoms with Gasteiger partial charge in [0.2, 0.25) is 5.91 Å². The fraction of sp³-hybridized carbons (Fsp3) is 0.833. The average Bonchev–Trinajstić information content (AvgIpc) is 2.72. The van der Waals surface area contributed by atoms with E-state index < -0.39 is 0 Å². The molecule has 1 atom stereocenters. The fourth-order valence-corrected chi connectivity index (χ4v) is 2.02. The number of halogens is 1. The first-order valence-corrected chi connectivity index (χ1v) is 6.15. The molecule has 1 saturated heterocycles. The molecule has 5 nitrogen and oxygen atoms in total. The van der Waals surface area contributed by atoms with E-state index in [-0.39, 0.29) is 35.8 Å². The summed E-state index contributed by atoms with van der Waals surface area (Å²) >= 11 is 0. The third-order valence-electron chi connectivity index (χ3n) is 2.96. The van der Waals surface area contributed by atoms with Crippen LogP contribution in [0.5, 0.6) is 0 Å². The van der Waals surface area contributed by atoms with E-state index in [0.717, 1.165) is 25.5 Å². The van der Waals surface area contributed by atoms with Gasteiger partial charge < -0.3 is 15.1 Å². The van der Waals surface area contributed by atoms with Crippen molar-refractivity contribution < 1.29 is 4.79 Å². The molecule has 1 rings (SSSR count). The predicted octanol–water partition coefficient (Wildman–Crippen LogP) is 0.998. The van der Waals surface area contributed by atoms with Crippen molar-refractivity contribution >= 4 is 35.8 Å². The zero-order valence-corrected chi connectivity index (χ0v) is 14.3. The summed E-state index contributed by atoms with van der Waals surface area (Å²) in [4.78, 5) is 19.9. The van der Waals surface area contributed by atoms with E-state index in [1.165, 1.54) is 0 Å². The number of hydrogen-bond donors (Lipinski definition) is 1. The minimum Gasteiger partial charge on any atom is -0.352 e. The molecule has 0 spiro atoms. The third-order valence-corrected chi connectivity index (χ3v) is 2.96. The maximum atomic E-state index is 11.8. The summed E-state index contributed by atoms with van der Waals surface area (Å²) in [5.74, 6) is 1.20.